The molecule has 0 fully saturated rings. The van der Waals surface area contributed by atoms with Gasteiger partial charge in [0.15, 0.2) is 5.75 Å². The second kappa shape index (κ2) is 5.16. The van der Waals surface area contributed by atoms with Gasteiger partial charge in [0.1, 0.15) is 6.61 Å². The average Bonchev–Trinajstić information content (AvgIpc) is 2.47. The summed E-state index contributed by atoms with van der Waals surface area (Å²) in [6.07, 6.45) is 1.73. The first-order valence-corrected chi connectivity index (χ1v) is 6.20. The summed E-state index contributed by atoms with van der Waals surface area (Å²) in [7, 11) is 0. The molecule has 1 aliphatic rings. The van der Waals surface area contributed by atoms with Crippen LogP contribution in [-0.2, 0) is 13.2 Å². The lowest BCUT2D eigenvalue weighted by atomic mass is 10.2. The zero-order valence-electron chi connectivity index (χ0n) is 10.4. The minimum absolute atomic E-state index is 0.0901. The molecule has 19 heavy (non-hydrogen) atoms. The average molecular weight is 257 g/mol. The van der Waals surface area contributed by atoms with Gasteiger partial charge in [-0.1, -0.05) is 30.3 Å². The fourth-order valence-corrected chi connectivity index (χ4v) is 2.08. The smallest absolute Gasteiger partial charge is 0.223 e. The van der Waals surface area contributed by atoms with Gasteiger partial charge in [0, 0.05) is 18.8 Å². The van der Waals surface area contributed by atoms with E-state index in [2.05, 4.69) is 10.7 Å². The van der Waals surface area contributed by atoms with E-state index >= 15 is 0 Å². The van der Waals surface area contributed by atoms with Crippen LogP contribution in [0.5, 0.6) is 5.75 Å². The van der Waals surface area contributed by atoms with E-state index in [0.29, 0.717) is 25.6 Å². The summed E-state index contributed by atoms with van der Waals surface area (Å²) in [5.74, 6) is 0.408. The third kappa shape index (κ3) is 2.46. The van der Waals surface area contributed by atoms with Crippen LogP contribution in [-0.4, -0.2) is 11.3 Å². The predicted octanol–water partition coefficient (Wildman–Crippen LogP) is 1.03. The fourth-order valence-electron chi connectivity index (χ4n) is 2.08. The van der Waals surface area contributed by atoms with Gasteiger partial charge in [-0.3, -0.25) is 14.8 Å². The topological polar surface area (TPSA) is 55.3 Å². The summed E-state index contributed by atoms with van der Waals surface area (Å²) in [6.45, 7) is 1.69. The van der Waals surface area contributed by atoms with Crippen molar-refractivity contribution in [3.05, 3.63) is 64.1 Å². The number of rotatable bonds is 3. The van der Waals surface area contributed by atoms with Crippen LogP contribution < -0.4 is 20.9 Å². The van der Waals surface area contributed by atoms with Crippen molar-refractivity contribution >= 4 is 0 Å². The maximum Gasteiger partial charge on any atom is 0.223 e. The van der Waals surface area contributed by atoms with Crippen LogP contribution in [0, 0.1) is 0 Å². The number of aromatic nitrogens is 1. The number of hydrogen-bond donors (Lipinski definition) is 2. The van der Waals surface area contributed by atoms with Crippen molar-refractivity contribution in [2.75, 3.05) is 12.1 Å². The number of hydrogen-bond acceptors (Lipinski definition) is 4. The molecule has 0 unspecified atom stereocenters. The molecule has 5 heteroatoms. The van der Waals surface area contributed by atoms with Gasteiger partial charge in [0.05, 0.1) is 12.4 Å². The summed E-state index contributed by atoms with van der Waals surface area (Å²) >= 11 is 0. The van der Waals surface area contributed by atoms with Gasteiger partial charge in [-0.25, -0.2) is 0 Å². The molecule has 0 radical (unpaired) electrons. The number of nitrogens with zero attached hydrogens (tertiary/aromatic N) is 1. The second-order valence-corrected chi connectivity index (χ2v) is 4.36. The Balaban J connectivity index is 1.86. The molecular weight excluding hydrogens is 242 g/mol. The Labute approximate surface area is 110 Å². The maximum atomic E-state index is 11.9. The largest absolute Gasteiger partial charge is 0.483 e. The molecule has 5 nitrogen and oxygen atoms in total. The summed E-state index contributed by atoms with van der Waals surface area (Å²) in [6, 6.07) is 11.3. The molecule has 98 valence electrons. The molecule has 0 amide bonds. The molecule has 1 aromatic heterocycles. The first-order valence-electron chi connectivity index (χ1n) is 6.20. The number of fused-ring (bicyclic) bond motifs is 1. The van der Waals surface area contributed by atoms with Crippen LogP contribution in [0.2, 0.25) is 0 Å². The van der Waals surface area contributed by atoms with Crippen molar-refractivity contribution in [3.8, 4) is 5.75 Å². The summed E-state index contributed by atoms with van der Waals surface area (Å²) in [5, 5.41) is 3.16. The van der Waals surface area contributed by atoms with E-state index in [1.165, 1.54) is 6.07 Å². The molecule has 1 aliphatic heterocycles. The van der Waals surface area contributed by atoms with Gasteiger partial charge in [0.2, 0.25) is 5.43 Å². The van der Waals surface area contributed by atoms with Crippen molar-refractivity contribution < 1.29 is 4.74 Å². The van der Waals surface area contributed by atoms with E-state index < -0.39 is 0 Å². The van der Waals surface area contributed by atoms with Crippen LogP contribution >= 0.6 is 0 Å². The molecule has 0 aliphatic carbocycles. The van der Waals surface area contributed by atoms with E-state index in [1.807, 2.05) is 35.0 Å². The minimum Gasteiger partial charge on any atom is -0.483 e. The maximum absolute atomic E-state index is 11.9. The number of ether oxygens (including phenoxy) is 1. The Bertz CT molecular complexity index is 622. The highest BCUT2D eigenvalue weighted by Crippen LogP contribution is 2.15. The van der Waals surface area contributed by atoms with Gasteiger partial charge in [0.25, 0.3) is 0 Å². The Morgan fingerprint density at radius 2 is 2.05 bits per heavy atom. The van der Waals surface area contributed by atoms with E-state index in [0.717, 1.165) is 11.3 Å². The number of nitrogens with one attached hydrogen (secondary N) is 2. The fraction of sp³-hybridized carbons (Fsp3) is 0.214. The van der Waals surface area contributed by atoms with Crippen molar-refractivity contribution in [2.45, 2.75) is 13.2 Å². The highest BCUT2D eigenvalue weighted by Gasteiger charge is 2.15. The highest BCUT2D eigenvalue weighted by molar-refractivity contribution is 5.30. The Hall–Kier alpha value is -2.27. The van der Waals surface area contributed by atoms with E-state index in [4.69, 9.17) is 4.74 Å². The number of pyridine rings is 1. The molecule has 0 bridgehead atoms. The van der Waals surface area contributed by atoms with Crippen LogP contribution in [0.4, 0.5) is 0 Å². The van der Waals surface area contributed by atoms with Crippen LogP contribution in [0.3, 0.4) is 0 Å². The summed E-state index contributed by atoms with van der Waals surface area (Å²) in [4.78, 5) is 11.9. The van der Waals surface area contributed by atoms with Crippen LogP contribution in [0.1, 0.15) is 11.3 Å². The van der Waals surface area contributed by atoms with Gasteiger partial charge >= 0.3 is 0 Å². The molecule has 3 rings (SSSR count). The minimum atomic E-state index is -0.0901. The van der Waals surface area contributed by atoms with Gasteiger partial charge in [-0.05, 0) is 5.56 Å². The lowest BCUT2D eigenvalue weighted by Crippen LogP contribution is -2.37. The summed E-state index contributed by atoms with van der Waals surface area (Å²) < 4.78 is 7.54. The Morgan fingerprint density at radius 3 is 2.89 bits per heavy atom. The standard InChI is InChI=1S/C14H15N3O2/c18-13-6-7-17-12(8-15-10-16-17)14(13)19-9-11-4-2-1-3-5-11/h1-7,15-16H,8-10H2. The predicted molar refractivity (Wildman–Crippen MR) is 72.5 cm³/mol. The van der Waals surface area contributed by atoms with Gasteiger partial charge in [-0.15, -0.1) is 0 Å². The lowest BCUT2D eigenvalue weighted by Gasteiger charge is -2.23. The molecule has 0 spiro atoms. The molecule has 0 atom stereocenters. The molecule has 1 aromatic carbocycles. The van der Waals surface area contributed by atoms with E-state index in [9.17, 15) is 4.79 Å². The zero-order valence-corrected chi connectivity index (χ0v) is 10.4. The Kier molecular flexibility index (Phi) is 3.20. The third-order valence-corrected chi connectivity index (χ3v) is 3.04. The van der Waals surface area contributed by atoms with Crippen LogP contribution in [0.15, 0.2) is 47.4 Å². The zero-order chi connectivity index (χ0) is 13.1. The monoisotopic (exact) mass is 257 g/mol. The normalized spacial score (nSPS) is 13.5. The quantitative estimate of drug-likeness (QED) is 0.862. The first kappa shape index (κ1) is 11.8. The molecule has 0 saturated carbocycles. The van der Waals surface area contributed by atoms with Gasteiger partial charge < -0.3 is 10.2 Å². The lowest BCUT2D eigenvalue weighted by molar-refractivity contribution is 0.293. The SMILES string of the molecule is O=c1ccn2c(c1OCc1ccccc1)CNCN2. The molecule has 2 N–H and O–H groups in total. The van der Waals surface area contributed by atoms with Crippen molar-refractivity contribution in [1.29, 1.82) is 0 Å². The van der Waals surface area contributed by atoms with Gasteiger partial charge in [-0.2, -0.15) is 0 Å². The number of benzene rings is 1. The molecule has 2 heterocycles. The highest BCUT2D eigenvalue weighted by atomic mass is 16.5. The van der Waals surface area contributed by atoms with Crippen molar-refractivity contribution in [1.82, 2.24) is 9.99 Å². The molecule has 2 aromatic rings. The first-order chi connectivity index (χ1) is 9.34. The Morgan fingerprint density at radius 1 is 1.21 bits per heavy atom. The van der Waals surface area contributed by atoms with Crippen LogP contribution in [0.25, 0.3) is 0 Å². The molecular formula is C14H15N3O2. The molecule has 0 saturated heterocycles. The second-order valence-electron chi connectivity index (χ2n) is 4.36. The third-order valence-electron chi connectivity index (χ3n) is 3.04. The van der Waals surface area contributed by atoms with Crippen molar-refractivity contribution in [2.24, 2.45) is 0 Å². The van der Waals surface area contributed by atoms with E-state index in [-0.39, 0.29) is 5.43 Å². The summed E-state index contributed by atoms with van der Waals surface area (Å²) in [5.41, 5.74) is 4.90. The van der Waals surface area contributed by atoms with E-state index in [1.54, 1.807) is 6.20 Å². The van der Waals surface area contributed by atoms with Crippen molar-refractivity contribution in [3.63, 3.8) is 0 Å².